The van der Waals surface area contributed by atoms with Gasteiger partial charge in [0.25, 0.3) is 16.7 Å². The van der Waals surface area contributed by atoms with E-state index in [1.165, 1.54) is 69.9 Å². The van der Waals surface area contributed by atoms with Crippen LogP contribution in [0.2, 0.25) is 0 Å². The van der Waals surface area contributed by atoms with Crippen molar-refractivity contribution in [3.8, 4) is 33.4 Å². The molecule has 8 aliphatic rings. The normalized spacial score (nSPS) is 20.0. The molecule has 7 aliphatic heterocycles. The molecule has 8 fully saturated rings. The fourth-order valence-electron chi connectivity index (χ4n) is 21.5. The predicted molar refractivity (Wildman–Crippen MR) is 552 cm³/mol. The highest BCUT2D eigenvalue weighted by atomic mass is 32.2. The summed E-state index contributed by atoms with van der Waals surface area (Å²) in [5, 5.41) is 16.5. The van der Waals surface area contributed by atoms with Gasteiger partial charge in [0, 0.05) is 205 Å². The number of pyridine rings is 3. The Bertz CT molecular complexity index is 6850. The summed E-state index contributed by atoms with van der Waals surface area (Å²) in [4.78, 5) is 122. The molecule has 15 heterocycles. The average Bonchev–Trinajstić information content (AvgIpc) is 1.52. The van der Waals surface area contributed by atoms with Crippen molar-refractivity contribution in [2.45, 2.75) is 167 Å². The Morgan fingerprint density at radius 3 is 1.62 bits per heavy atom. The van der Waals surface area contributed by atoms with Crippen LogP contribution in [0.5, 0.6) is 0 Å². The van der Waals surface area contributed by atoms with Crippen LogP contribution in [-0.4, -0.2) is 288 Å². The molecule has 33 nitrogen and oxygen atoms in total. The summed E-state index contributed by atoms with van der Waals surface area (Å²) in [7, 11) is 6.60. The number of morpholine rings is 1. The molecule has 7 saturated heterocycles. The number of ether oxygens (including phenoxy) is 1. The van der Waals surface area contributed by atoms with Gasteiger partial charge in [-0.1, -0.05) is 62.6 Å². The first-order valence-corrected chi connectivity index (χ1v) is 52.4. The topological polar surface area (TPSA) is 330 Å². The fourth-order valence-corrected chi connectivity index (χ4v) is 21.9. The number of amides is 2. The second kappa shape index (κ2) is 44.3. The maximum Gasteiger partial charge on any atom is 0.260 e. The summed E-state index contributed by atoms with van der Waals surface area (Å²) in [6.45, 7) is 23.7. The molecule has 1 saturated carbocycles. The summed E-state index contributed by atoms with van der Waals surface area (Å²) in [6.07, 6.45) is 22.2. The van der Waals surface area contributed by atoms with Crippen LogP contribution in [0.15, 0.2) is 148 Å². The summed E-state index contributed by atoms with van der Waals surface area (Å²) in [5.41, 5.74) is 10.9. The number of carbonyl (C=O) groups excluding carboxylic acids is 2. The zero-order valence-corrected chi connectivity index (χ0v) is 84.2. The van der Waals surface area contributed by atoms with Gasteiger partial charge in [-0.25, -0.2) is 42.0 Å². The first-order chi connectivity index (χ1) is 68.5. The zero-order chi connectivity index (χ0) is 99.1. The van der Waals surface area contributed by atoms with E-state index in [2.05, 4.69) is 154 Å². The molecule has 142 heavy (non-hydrogen) atoms. The summed E-state index contributed by atoms with van der Waals surface area (Å²) < 4.78 is 69.2. The Balaban J connectivity index is 0.000000141. The molecule has 3 unspecified atom stereocenters. The lowest BCUT2D eigenvalue weighted by Crippen LogP contribution is -2.44. The third-order valence-electron chi connectivity index (χ3n) is 30.2. The van der Waals surface area contributed by atoms with Gasteiger partial charge in [-0.05, 0) is 246 Å². The molecule has 3 atom stereocenters. The van der Waals surface area contributed by atoms with E-state index >= 15 is 8.78 Å². The average molecular weight is 1960 g/mol. The number of nitrogens with one attached hydrogen (secondary N) is 3. The minimum Gasteiger partial charge on any atom is -0.379 e. The van der Waals surface area contributed by atoms with Crippen molar-refractivity contribution in [2.24, 2.45) is 5.92 Å². The third kappa shape index (κ3) is 23.1. The van der Waals surface area contributed by atoms with E-state index in [0.29, 0.717) is 149 Å². The number of likely N-dealkylation sites (tertiary alicyclic amines) is 5. The van der Waals surface area contributed by atoms with Gasteiger partial charge in [-0.3, -0.25) is 52.2 Å². The second-order valence-corrected chi connectivity index (χ2v) is 42.3. The first kappa shape index (κ1) is 99.8. The molecule has 0 radical (unpaired) electrons. The summed E-state index contributed by atoms with van der Waals surface area (Å²) in [6, 6.07) is 35.7. The lowest BCUT2D eigenvalue weighted by molar-refractivity contribution is -0.130. The predicted octanol–water partition coefficient (Wildman–Crippen LogP) is 13.9. The number of aryl methyl sites for hydroxylation is 1. The number of sulfonamides is 1. The van der Waals surface area contributed by atoms with E-state index in [9.17, 15) is 32.4 Å². The fraction of sp³-hybridized carbons (Fsp3) is 0.491. The van der Waals surface area contributed by atoms with Gasteiger partial charge in [0.2, 0.25) is 45.6 Å². The summed E-state index contributed by atoms with van der Waals surface area (Å²) in [5.74, 6) is 2.16. The number of nitrogens with zero attached hydrogens (tertiary/aromatic N) is 22. The van der Waals surface area contributed by atoms with E-state index in [1.807, 2.05) is 53.8 Å². The number of fused-ring (bicyclic) bond motifs is 3. The minimum atomic E-state index is -3.47. The van der Waals surface area contributed by atoms with E-state index in [4.69, 9.17) is 24.8 Å². The first-order valence-electron chi connectivity index (χ1n) is 50.5. The molecule has 0 spiro atoms. The summed E-state index contributed by atoms with van der Waals surface area (Å²) >= 11 is 0. The molecule has 3 N–H and O–H groups in total. The molecule has 750 valence electrons. The van der Waals surface area contributed by atoms with Crippen molar-refractivity contribution in [3.63, 3.8) is 0 Å². The van der Waals surface area contributed by atoms with E-state index < -0.39 is 21.5 Å². The molecule has 4 aromatic carbocycles. The minimum absolute atomic E-state index is 0.0126. The van der Waals surface area contributed by atoms with Crippen molar-refractivity contribution in [1.29, 1.82) is 0 Å². The monoisotopic (exact) mass is 1950 g/mol. The number of likely N-dealkylation sites (N-methyl/N-ethyl adjacent to an activating group) is 3. The van der Waals surface area contributed by atoms with Crippen LogP contribution >= 0.6 is 0 Å². The van der Waals surface area contributed by atoms with E-state index in [-0.39, 0.29) is 77.5 Å². The molecule has 36 heteroatoms. The number of halogens is 2. The Kier molecular flexibility index (Phi) is 31.1. The maximum absolute atomic E-state index is 15.8. The van der Waals surface area contributed by atoms with Crippen LogP contribution in [0.3, 0.4) is 0 Å². The second-order valence-electron chi connectivity index (χ2n) is 40.2. The maximum atomic E-state index is 15.8. The van der Waals surface area contributed by atoms with Gasteiger partial charge < -0.3 is 50.1 Å². The van der Waals surface area contributed by atoms with E-state index in [1.54, 1.807) is 65.3 Å². The molecule has 8 aromatic heterocycles. The third-order valence-corrected chi connectivity index (χ3v) is 31.5. The number of anilines is 7. The number of piperidine rings is 3. The van der Waals surface area contributed by atoms with Crippen molar-refractivity contribution < 1.29 is 31.5 Å². The number of hydrogen-bond acceptors (Lipinski definition) is 26. The molecular formula is C106H133F2N25O8S. The number of hydrogen-bond donors (Lipinski definition) is 3. The Labute approximate surface area is 828 Å². The Morgan fingerprint density at radius 2 is 1.04 bits per heavy atom. The van der Waals surface area contributed by atoms with Crippen LogP contribution in [0.4, 0.5) is 49.4 Å². The van der Waals surface area contributed by atoms with Crippen molar-refractivity contribution in [2.75, 3.05) is 187 Å². The highest BCUT2D eigenvalue weighted by Gasteiger charge is 2.34. The number of carbonyl (C=O) groups is 2. The Hall–Kier alpha value is -12.3. The van der Waals surface area contributed by atoms with Crippen LogP contribution in [-0.2, 0) is 44.0 Å². The number of benzene rings is 4. The van der Waals surface area contributed by atoms with Gasteiger partial charge in [0.1, 0.15) is 35.1 Å². The van der Waals surface area contributed by atoms with Crippen LogP contribution in [0.25, 0.3) is 66.5 Å². The zero-order valence-electron chi connectivity index (χ0n) is 83.4. The quantitative estimate of drug-likeness (QED) is 0.0473. The van der Waals surface area contributed by atoms with Crippen molar-refractivity contribution in [3.05, 3.63) is 211 Å². The number of aromatic nitrogens is 13. The molecule has 1 aliphatic carbocycles. The van der Waals surface area contributed by atoms with Crippen LogP contribution in [0.1, 0.15) is 167 Å². The van der Waals surface area contributed by atoms with Crippen molar-refractivity contribution in [1.82, 2.24) is 102 Å². The van der Waals surface area contributed by atoms with E-state index in [0.717, 1.165) is 176 Å². The molecule has 2 amide bonds. The number of piperazine rings is 1. The Morgan fingerprint density at radius 1 is 0.493 bits per heavy atom. The van der Waals surface area contributed by atoms with Gasteiger partial charge in [0.15, 0.2) is 0 Å². The molecule has 12 aromatic rings. The van der Waals surface area contributed by atoms with Gasteiger partial charge in [0.05, 0.1) is 53.5 Å². The van der Waals surface area contributed by atoms with Gasteiger partial charge >= 0.3 is 0 Å². The number of rotatable bonds is 24. The lowest BCUT2D eigenvalue weighted by atomic mass is 9.82. The molecule has 0 bridgehead atoms. The van der Waals surface area contributed by atoms with Crippen molar-refractivity contribution >= 4 is 95.5 Å². The molecular weight excluding hydrogens is 1820 g/mol. The highest BCUT2D eigenvalue weighted by Crippen LogP contribution is 2.40. The standard InChI is InChI=1S/C37H46FN7O2.C36H43FN8O2.C33H44N10O4S/c1-42-15-12-27(13-16-42)26-6-9-30(10-7-26)40-37-39-25-29-23-32(31-11-8-28(24-33(31)38)34-5-3-4-14-43(34)2)36(46)45(35(29)41-37)18-17-44-19-21-47-22-20-44;1-23-7-9-25(10-8-23)33-38-20-30(32(37)41-33)29-18-27-19-39-36(40-28-13-11-24(12-14-28)26-6-5-15-43(2)21-26)42-34(27)45(35(29)47)22-31(46)44-16-3-4-17-44;1-22-30(23(2)43(37-22)28-11-12-41(21-28)24(3)44)29-19-25-20-34-33(36-31(25)42(32(29)45)18-15-39(5)48(6,46)47)35-26-7-9-27(10-8-26)40-16-13-38(4)14-17-40/h6-11,23-25,27,34H,3-5,12-22H2,1-2H3,(H,39,40,41);11-14,18-20,23,25-26H,3-10,15-17,21-22H2,1-2H3,(H,39,40,42);7-10,19-20,28H,11-18,21H2,1-6H3,(H,34,35,36). The highest BCUT2D eigenvalue weighted by molar-refractivity contribution is 7.88. The van der Waals surface area contributed by atoms with Gasteiger partial charge in [-0.2, -0.15) is 24.4 Å². The van der Waals surface area contributed by atoms with Crippen LogP contribution in [0, 0.1) is 31.5 Å². The van der Waals surface area contributed by atoms with Crippen LogP contribution < -0.4 is 37.5 Å². The lowest BCUT2D eigenvalue weighted by Gasteiger charge is -2.34. The van der Waals surface area contributed by atoms with Gasteiger partial charge in [-0.15, -0.1) is 0 Å². The molecule has 20 rings (SSSR count). The SMILES string of the molecule is CC(=O)N1CCC(n2nc(C)c(-c3cc4cnc(Nc5ccc(N6CCN(C)CC6)cc5)nc4n(CCN(C)S(C)(=O)=O)c3=O)c2C)C1.CC1CCC(c2ncc(-c3cc4cnc(Nc5ccc(C6CCCN(C)C6)cc5)nc4n(CC(=O)N4CCCC4)c3=O)c(F)n2)CC1.CN1CCC(c2ccc(Nc3ncc4cc(-c5ccc(C6CCCCN6C)cc5F)c(=O)n(CCN5CCOCC5)c4n3)cc2)CC1. The largest absolute Gasteiger partial charge is 0.379 e. The smallest absolute Gasteiger partial charge is 0.260 e.